The van der Waals surface area contributed by atoms with Gasteiger partial charge < -0.3 is 29.8 Å². The fourth-order valence-electron chi connectivity index (χ4n) is 2.56. The Morgan fingerprint density at radius 1 is 1.07 bits per heavy atom. The summed E-state index contributed by atoms with van der Waals surface area (Å²) in [6.07, 6.45) is -1.05. The van der Waals surface area contributed by atoms with E-state index in [4.69, 9.17) is 14.3 Å². The molecule has 0 aromatic heterocycles. The van der Waals surface area contributed by atoms with Gasteiger partial charge in [-0.05, 0) is 23.3 Å². The summed E-state index contributed by atoms with van der Waals surface area (Å²) in [5.74, 6) is -0.567. The second kappa shape index (κ2) is 12.4. The Balaban J connectivity index is 1.85. The first-order chi connectivity index (χ1) is 14.5. The number of nitrogens with one attached hydrogen (secondary N) is 1. The van der Waals surface area contributed by atoms with Gasteiger partial charge in [-0.15, -0.1) is 5.06 Å². The zero-order valence-corrected chi connectivity index (χ0v) is 16.7. The number of carboxylic acids is 1. The molecule has 2 aromatic rings. The predicted octanol–water partition coefficient (Wildman–Crippen LogP) is 1.80. The topological polar surface area (TPSA) is 118 Å². The molecule has 162 valence electrons. The Kier molecular flexibility index (Phi) is 9.59. The molecule has 0 heterocycles. The largest absolute Gasteiger partial charge is 0.528 e. The number of carbonyl (C=O) groups is 2. The van der Waals surface area contributed by atoms with Crippen molar-refractivity contribution < 1.29 is 34.1 Å². The molecule has 3 N–H and O–H groups in total. The van der Waals surface area contributed by atoms with Crippen LogP contribution in [-0.2, 0) is 27.5 Å². The molecule has 0 aliphatic heterocycles. The summed E-state index contributed by atoms with van der Waals surface area (Å²) in [7, 11) is 1.59. The summed E-state index contributed by atoms with van der Waals surface area (Å²) in [6.45, 7) is 0.128. The number of rotatable bonds is 12. The van der Waals surface area contributed by atoms with Crippen LogP contribution in [-0.4, -0.2) is 60.2 Å². The first-order valence-electron chi connectivity index (χ1n) is 9.36. The van der Waals surface area contributed by atoms with Crippen molar-refractivity contribution in [2.24, 2.45) is 0 Å². The van der Waals surface area contributed by atoms with Crippen LogP contribution in [0.15, 0.2) is 54.6 Å². The van der Waals surface area contributed by atoms with Crippen molar-refractivity contribution >= 4 is 12.1 Å². The molecule has 0 bridgehead atoms. The van der Waals surface area contributed by atoms with Gasteiger partial charge in [0.15, 0.2) is 6.04 Å². The second-order valence-corrected chi connectivity index (χ2v) is 6.32. The number of carbonyl (C=O) groups excluding carboxylic acids is 1. The van der Waals surface area contributed by atoms with Gasteiger partial charge in [-0.3, -0.25) is 4.79 Å². The van der Waals surface area contributed by atoms with E-state index in [1.165, 1.54) is 0 Å². The van der Waals surface area contributed by atoms with E-state index in [1.54, 1.807) is 31.4 Å². The first kappa shape index (κ1) is 23.1. The third-order valence-electron chi connectivity index (χ3n) is 4.19. The quantitative estimate of drug-likeness (QED) is 0.269. The van der Waals surface area contributed by atoms with Crippen LogP contribution in [0, 0.1) is 0 Å². The highest BCUT2D eigenvalue weighted by Gasteiger charge is 2.28. The number of aliphatic hydroxyl groups excluding tert-OH is 1. The number of hydrogen-bond donors (Lipinski definition) is 3. The summed E-state index contributed by atoms with van der Waals surface area (Å²) in [5.41, 5.74) is 1.77. The Morgan fingerprint density at radius 3 is 2.37 bits per heavy atom. The van der Waals surface area contributed by atoms with E-state index in [9.17, 15) is 19.8 Å². The van der Waals surface area contributed by atoms with Crippen LogP contribution < -0.4 is 10.1 Å². The molecule has 0 aliphatic rings. The Morgan fingerprint density at radius 2 is 1.77 bits per heavy atom. The fraction of sp³-hybridized carbons (Fsp3) is 0.333. The van der Waals surface area contributed by atoms with Gasteiger partial charge in [-0.25, -0.2) is 4.79 Å². The number of hydrogen-bond acceptors (Lipinski definition) is 8. The molecule has 9 heteroatoms. The summed E-state index contributed by atoms with van der Waals surface area (Å²) in [5, 5.41) is 22.7. The van der Waals surface area contributed by atoms with Gasteiger partial charge in [0.2, 0.25) is 0 Å². The van der Waals surface area contributed by atoms with Gasteiger partial charge in [0, 0.05) is 19.6 Å². The zero-order valence-electron chi connectivity index (χ0n) is 16.7. The molecule has 0 aliphatic carbocycles. The lowest BCUT2D eigenvalue weighted by atomic mass is 10.2. The van der Waals surface area contributed by atoms with Crippen molar-refractivity contribution in [2.45, 2.75) is 19.2 Å². The number of methoxy groups -OCH3 is 1. The molecule has 0 spiro atoms. The number of ether oxygens (including phenoxy) is 2. The monoisotopic (exact) mass is 418 g/mol. The number of benzene rings is 2. The van der Waals surface area contributed by atoms with Crippen LogP contribution >= 0.6 is 0 Å². The third-order valence-corrected chi connectivity index (χ3v) is 4.19. The zero-order chi connectivity index (χ0) is 21.8. The molecule has 30 heavy (non-hydrogen) atoms. The molecule has 0 amide bonds. The molecule has 0 unspecified atom stereocenters. The second-order valence-electron chi connectivity index (χ2n) is 6.32. The van der Waals surface area contributed by atoms with Crippen molar-refractivity contribution in [3.05, 3.63) is 65.7 Å². The van der Waals surface area contributed by atoms with Crippen LogP contribution in [0.4, 0.5) is 4.79 Å². The molecular weight excluding hydrogens is 392 g/mol. The molecule has 0 saturated carbocycles. The fourth-order valence-corrected chi connectivity index (χ4v) is 2.56. The minimum Gasteiger partial charge on any atom is -0.497 e. The Bertz CT molecular complexity index is 784. The number of carboxylic acid groups (broad SMARTS) is 1. The van der Waals surface area contributed by atoms with Crippen LogP contribution in [0.2, 0.25) is 0 Å². The van der Waals surface area contributed by atoms with Crippen molar-refractivity contribution in [3.8, 4) is 5.75 Å². The summed E-state index contributed by atoms with van der Waals surface area (Å²) >= 11 is 0. The van der Waals surface area contributed by atoms with Gasteiger partial charge in [0.05, 0.1) is 13.7 Å². The van der Waals surface area contributed by atoms with E-state index >= 15 is 0 Å². The standard InChI is InChI=1S/C21H26N2O7/c1-28-18-9-7-16(8-10-18)13-22-11-12-23(19(14-24)20(25)26)30-21(27)29-15-17-5-3-2-4-6-17/h2-10,19,22,24H,11-15H2,1H3,(H,25,26)/t19-/m1/s1. The minimum atomic E-state index is -1.41. The van der Waals surface area contributed by atoms with Crippen LogP contribution in [0.1, 0.15) is 11.1 Å². The van der Waals surface area contributed by atoms with Crippen molar-refractivity contribution in [1.82, 2.24) is 10.4 Å². The van der Waals surface area contributed by atoms with Crippen LogP contribution in [0.25, 0.3) is 0 Å². The van der Waals surface area contributed by atoms with Gasteiger partial charge in [-0.1, -0.05) is 42.5 Å². The van der Waals surface area contributed by atoms with Crippen LogP contribution in [0.3, 0.4) is 0 Å². The number of aliphatic carboxylic acids is 1. The van der Waals surface area contributed by atoms with E-state index in [1.807, 2.05) is 30.3 Å². The molecule has 0 fully saturated rings. The molecule has 9 nitrogen and oxygen atoms in total. The maximum atomic E-state index is 12.0. The van der Waals surface area contributed by atoms with E-state index in [0.29, 0.717) is 13.1 Å². The average Bonchev–Trinajstić information content (AvgIpc) is 2.76. The lowest BCUT2D eigenvalue weighted by Crippen LogP contribution is -2.47. The molecule has 2 rings (SSSR count). The summed E-state index contributed by atoms with van der Waals surface area (Å²) in [4.78, 5) is 28.4. The van der Waals surface area contributed by atoms with Crippen molar-refractivity contribution in [2.75, 3.05) is 26.8 Å². The maximum Gasteiger partial charge on any atom is 0.528 e. The number of nitrogens with zero attached hydrogens (tertiary/aromatic N) is 1. The summed E-state index contributed by atoms with van der Waals surface area (Å²) < 4.78 is 10.1. The molecular formula is C21H26N2O7. The lowest BCUT2D eigenvalue weighted by molar-refractivity contribution is -0.183. The molecule has 1 atom stereocenters. The molecule has 0 radical (unpaired) electrons. The Hall–Kier alpha value is -3.14. The normalized spacial score (nSPS) is 11.7. The lowest BCUT2D eigenvalue weighted by Gasteiger charge is -2.25. The highest BCUT2D eigenvalue weighted by molar-refractivity contribution is 5.73. The maximum absolute atomic E-state index is 12.0. The smallest absolute Gasteiger partial charge is 0.497 e. The number of hydroxylamine groups is 2. The van der Waals surface area contributed by atoms with Crippen LogP contribution in [0.5, 0.6) is 5.75 Å². The Labute approximate surface area is 174 Å². The molecule has 2 aromatic carbocycles. The summed E-state index contributed by atoms with van der Waals surface area (Å²) in [6, 6.07) is 15.1. The SMILES string of the molecule is COc1ccc(CNCCN(OC(=O)OCc2ccccc2)[C@H](CO)C(=O)O)cc1. The average molecular weight is 418 g/mol. The van der Waals surface area contributed by atoms with Crippen molar-refractivity contribution in [1.29, 1.82) is 0 Å². The number of aliphatic hydroxyl groups is 1. The van der Waals surface area contributed by atoms with E-state index in [-0.39, 0.29) is 13.2 Å². The van der Waals surface area contributed by atoms with E-state index < -0.39 is 24.8 Å². The predicted molar refractivity (Wildman–Crippen MR) is 108 cm³/mol. The minimum absolute atomic E-state index is 0.0138. The molecule has 0 saturated heterocycles. The first-order valence-corrected chi connectivity index (χ1v) is 9.36. The highest BCUT2D eigenvalue weighted by Crippen LogP contribution is 2.11. The van der Waals surface area contributed by atoms with Gasteiger partial charge in [0.1, 0.15) is 12.4 Å². The highest BCUT2D eigenvalue weighted by atomic mass is 16.8. The van der Waals surface area contributed by atoms with E-state index in [0.717, 1.165) is 21.9 Å². The van der Waals surface area contributed by atoms with Crippen molar-refractivity contribution in [3.63, 3.8) is 0 Å². The van der Waals surface area contributed by atoms with Gasteiger partial charge in [-0.2, -0.15) is 0 Å². The van der Waals surface area contributed by atoms with Gasteiger partial charge >= 0.3 is 12.1 Å². The van der Waals surface area contributed by atoms with E-state index in [2.05, 4.69) is 5.32 Å². The third kappa shape index (κ3) is 7.70. The van der Waals surface area contributed by atoms with Gasteiger partial charge in [0.25, 0.3) is 0 Å².